The third-order valence-electron chi connectivity index (χ3n) is 3.58. The van der Waals surface area contributed by atoms with Gasteiger partial charge in [0.1, 0.15) is 10.6 Å². The van der Waals surface area contributed by atoms with E-state index in [0.29, 0.717) is 12.1 Å². The molecule has 0 aliphatic carbocycles. The minimum absolute atomic E-state index is 0.0951. The molecule has 0 aliphatic rings. The summed E-state index contributed by atoms with van der Waals surface area (Å²) in [6, 6.07) is 3.43. The van der Waals surface area contributed by atoms with Crippen LogP contribution >= 0.6 is 0 Å². The topological polar surface area (TPSA) is 98.5 Å². The van der Waals surface area contributed by atoms with E-state index in [1.54, 1.807) is 0 Å². The molecule has 13 heteroatoms. The van der Waals surface area contributed by atoms with Crippen LogP contribution in [0.2, 0.25) is 0 Å². The summed E-state index contributed by atoms with van der Waals surface area (Å²) >= 11 is 0. The van der Waals surface area contributed by atoms with Crippen LogP contribution in [0.15, 0.2) is 41.3 Å². The highest BCUT2D eigenvalue weighted by Gasteiger charge is 2.37. The van der Waals surface area contributed by atoms with Crippen molar-refractivity contribution in [3.05, 3.63) is 53.1 Å². The monoisotopic (exact) mass is 442 g/mol. The van der Waals surface area contributed by atoms with Gasteiger partial charge >= 0.3 is 12.4 Å². The van der Waals surface area contributed by atoms with Gasteiger partial charge < -0.3 is 10.1 Å². The summed E-state index contributed by atoms with van der Waals surface area (Å²) in [7, 11) is -3.20. The van der Waals surface area contributed by atoms with Gasteiger partial charge in [0.05, 0.1) is 18.2 Å². The number of nitrogens with two attached hydrogens (primary N) is 1. The highest BCUT2D eigenvalue weighted by atomic mass is 32.2. The van der Waals surface area contributed by atoms with Crippen LogP contribution in [-0.4, -0.2) is 21.4 Å². The zero-order chi connectivity index (χ0) is 22.2. The number of carbonyl (C=O) groups is 1. The first-order valence-electron chi connectivity index (χ1n) is 7.44. The average Bonchev–Trinajstić information content (AvgIpc) is 2.58. The number of primary sulfonamides is 1. The van der Waals surface area contributed by atoms with E-state index in [2.05, 4.69) is 0 Å². The van der Waals surface area contributed by atoms with Gasteiger partial charge in [-0.25, -0.2) is 13.6 Å². The molecular formula is C16H12F6N2O4S. The van der Waals surface area contributed by atoms with Crippen LogP contribution in [0.1, 0.15) is 21.5 Å². The number of hydrogen-bond donors (Lipinski definition) is 2. The van der Waals surface area contributed by atoms with E-state index in [1.165, 1.54) is 0 Å². The number of nitrogens with one attached hydrogen (secondary N) is 1. The summed E-state index contributed by atoms with van der Waals surface area (Å²) in [5.41, 5.74) is -4.42. The van der Waals surface area contributed by atoms with Gasteiger partial charge in [-0.15, -0.1) is 0 Å². The van der Waals surface area contributed by atoms with Crippen LogP contribution in [-0.2, 0) is 22.4 Å². The lowest BCUT2D eigenvalue weighted by Gasteiger charge is -2.15. The van der Waals surface area contributed by atoms with E-state index in [4.69, 9.17) is 9.88 Å². The van der Waals surface area contributed by atoms with E-state index in [1.807, 2.05) is 5.32 Å². The Morgan fingerprint density at radius 1 is 0.966 bits per heavy atom. The van der Waals surface area contributed by atoms with Gasteiger partial charge in [-0.05, 0) is 36.4 Å². The third-order valence-corrected chi connectivity index (χ3v) is 4.51. The first-order chi connectivity index (χ1) is 13.1. The van der Waals surface area contributed by atoms with Crippen LogP contribution in [0.5, 0.6) is 5.75 Å². The molecule has 2 aromatic rings. The summed E-state index contributed by atoms with van der Waals surface area (Å²) in [5, 5.41) is 6.88. The van der Waals surface area contributed by atoms with Crippen molar-refractivity contribution in [1.29, 1.82) is 0 Å². The smallest absolute Gasteiger partial charge is 0.416 e. The summed E-state index contributed by atoms with van der Waals surface area (Å²) in [6.07, 6.45) is -10.2. The van der Waals surface area contributed by atoms with Crippen LogP contribution in [0.25, 0.3) is 0 Å². The molecular weight excluding hydrogens is 430 g/mol. The van der Waals surface area contributed by atoms with Crippen molar-refractivity contribution in [3.8, 4) is 5.75 Å². The molecule has 0 fully saturated rings. The largest absolute Gasteiger partial charge is 0.495 e. The van der Waals surface area contributed by atoms with Crippen molar-refractivity contribution in [1.82, 2.24) is 0 Å². The molecule has 0 heterocycles. The summed E-state index contributed by atoms with van der Waals surface area (Å²) in [5.74, 6) is -1.37. The molecule has 0 aliphatic heterocycles. The van der Waals surface area contributed by atoms with Gasteiger partial charge in [-0.2, -0.15) is 26.3 Å². The molecule has 1 amide bonds. The number of amides is 1. The van der Waals surface area contributed by atoms with Gasteiger partial charge in [0.15, 0.2) is 0 Å². The number of alkyl halides is 6. The van der Waals surface area contributed by atoms with E-state index < -0.39 is 50.0 Å². The Kier molecular flexibility index (Phi) is 5.86. The molecule has 29 heavy (non-hydrogen) atoms. The van der Waals surface area contributed by atoms with Crippen molar-refractivity contribution in [2.75, 3.05) is 12.4 Å². The molecule has 0 atom stereocenters. The van der Waals surface area contributed by atoms with Gasteiger partial charge in [0, 0.05) is 11.3 Å². The normalized spacial score (nSPS) is 12.6. The minimum Gasteiger partial charge on any atom is -0.495 e. The molecule has 0 saturated heterocycles. The fraction of sp³-hybridized carbons (Fsp3) is 0.188. The SMILES string of the molecule is COc1ccc(C(=O)Nc2cc(C(F)(F)F)cc(C(F)(F)F)c2)cc1S(N)(=O)=O. The number of rotatable bonds is 4. The first kappa shape index (κ1) is 22.5. The zero-order valence-electron chi connectivity index (χ0n) is 14.4. The molecule has 0 saturated carbocycles. The Balaban J connectivity index is 2.48. The molecule has 0 bridgehead atoms. The van der Waals surface area contributed by atoms with Gasteiger partial charge in [0.2, 0.25) is 10.0 Å². The number of ether oxygens (including phenoxy) is 1. The highest BCUT2D eigenvalue weighted by Crippen LogP contribution is 2.37. The molecule has 0 spiro atoms. The minimum atomic E-state index is -5.10. The predicted octanol–water partition coefficient (Wildman–Crippen LogP) is 3.63. The molecule has 2 aromatic carbocycles. The number of anilines is 1. The third kappa shape index (κ3) is 5.38. The van der Waals surface area contributed by atoms with Gasteiger partial charge in [-0.3, -0.25) is 4.79 Å². The zero-order valence-corrected chi connectivity index (χ0v) is 15.2. The van der Waals surface area contributed by atoms with Crippen LogP contribution in [0.4, 0.5) is 32.0 Å². The Bertz CT molecular complexity index is 1020. The highest BCUT2D eigenvalue weighted by molar-refractivity contribution is 7.89. The number of sulfonamides is 1. The summed E-state index contributed by atoms with van der Waals surface area (Å²) in [6.45, 7) is 0. The first-order valence-corrected chi connectivity index (χ1v) is 8.99. The van der Waals surface area contributed by atoms with E-state index in [9.17, 15) is 39.6 Å². The Hall–Kier alpha value is -2.80. The number of carbonyl (C=O) groups excluding carboxylic acids is 1. The summed E-state index contributed by atoms with van der Waals surface area (Å²) in [4.78, 5) is 11.7. The fourth-order valence-electron chi connectivity index (χ4n) is 2.27. The van der Waals surface area contributed by atoms with Crippen LogP contribution in [0.3, 0.4) is 0 Å². The van der Waals surface area contributed by atoms with Crippen molar-refractivity contribution in [2.45, 2.75) is 17.2 Å². The summed E-state index contributed by atoms with van der Waals surface area (Å²) < 4.78 is 105. The fourth-order valence-corrected chi connectivity index (χ4v) is 2.99. The standard InChI is InChI=1S/C16H12F6N2O4S/c1-28-12-3-2-8(4-13(12)29(23,26)27)14(25)24-11-6-9(15(17,18)19)5-10(7-11)16(20,21)22/h2-7H,1H3,(H,24,25)(H2,23,26,27). The van der Waals surface area contributed by atoms with Gasteiger partial charge in [-0.1, -0.05) is 0 Å². The lowest BCUT2D eigenvalue weighted by Crippen LogP contribution is -2.18. The second kappa shape index (κ2) is 7.55. The Morgan fingerprint density at radius 3 is 1.90 bits per heavy atom. The molecule has 0 radical (unpaired) electrons. The van der Waals surface area contributed by atoms with E-state index in [0.717, 1.165) is 25.3 Å². The lowest BCUT2D eigenvalue weighted by atomic mass is 10.1. The van der Waals surface area contributed by atoms with Crippen molar-refractivity contribution in [3.63, 3.8) is 0 Å². The molecule has 0 aromatic heterocycles. The number of methoxy groups -OCH3 is 1. The molecule has 0 unspecified atom stereocenters. The molecule has 2 rings (SSSR count). The average molecular weight is 442 g/mol. The molecule has 158 valence electrons. The van der Waals surface area contributed by atoms with E-state index >= 15 is 0 Å². The lowest BCUT2D eigenvalue weighted by molar-refractivity contribution is -0.143. The molecule has 3 N–H and O–H groups in total. The maximum atomic E-state index is 12.9. The Morgan fingerprint density at radius 2 is 1.48 bits per heavy atom. The van der Waals surface area contributed by atoms with E-state index in [-0.39, 0.29) is 17.4 Å². The quantitative estimate of drug-likeness (QED) is 0.707. The second-order valence-electron chi connectivity index (χ2n) is 5.66. The van der Waals surface area contributed by atoms with Gasteiger partial charge in [0.25, 0.3) is 5.91 Å². The molecule has 6 nitrogen and oxygen atoms in total. The maximum Gasteiger partial charge on any atom is 0.416 e. The second-order valence-corrected chi connectivity index (χ2v) is 7.19. The van der Waals surface area contributed by atoms with Crippen molar-refractivity contribution < 1.29 is 44.3 Å². The maximum absolute atomic E-state index is 12.9. The number of hydrogen-bond acceptors (Lipinski definition) is 4. The van der Waals surface area contributed by atoms with Crippen molar-refractivity contribution >= 4 is 21.6 Å². The van der Waals surface area contributed by atoms with Crippen LogP contribution < -0.4 is 15.2 Å². The number of halogens is 6. The van der Waals surface area contributed by atoms with Crippen LogP contribution in [0, 0.1) is 0 Å². The Labute approximate surface area is 160 Å². The van der Waals surface area contributed by atoms with Crippen molar-refractivity contribution in [2.24, 2.45) is 5.14 Å². The predicted molar refractivity (Wildman–Crippen MR) is 88.8 cm³/mol. The number of benzene rings is 2.